The van der Waals surface area contributed by atoms with Crippen LogP contribution in [0.25, 0.3) is 99.6 Å². The van der Waals surface area contributed by atoms with Crippen LogP contribution in [0.1, 0.15) is 22.3 Å². The first kappa shape index (κ1) is 34.0. The molecule has 10 aromatic carbocycles. The van der Waals surface area contributed by atoms with E-state index in [2.05, 4.69) is 218 Å². The van der Waals surface area contributed by atoms with E-state index in [9.17, 15) is 0 Å². The van der Waals surface area contributed by atoms with Crippen molar-refractivity contribution in [3.63, 3.8) is 0 Å². The minimum absolute atomic E-state index is 0.499. The van der Waals surface area contributed by atoms with Gasteiger partial charge in [0.2, 0.25) is 0 Å². The minimum Gasteiger partial charge on any atom is -0.228 e. The molecule has 0 fully saturated rings. The van der Waals surface area contributed by atoms with Gasteiger partial charge >= 0.3 is 0 Å². The molecule has 2 aliphatic carbocycles. The first-order chi connectivity index (χ1) is 30.3. The van der Waals surface area contributed by atoms with Crippen LogP contribution in [-0.4, -0.2) is 9.97 Å². The first-order valence-corrected chi connectivity index (χ1v) is 21.1. The molecule has 0 aliphatic heterocycles. The smallest absolute Gasteiger partial charge is 0.160 e. The van der Waals surface area contributed by atoms with Crippen molar-refractivity contribution in [3.05, 3.63) is 241 Å². The SMILES string of the molecule is c1ccc(-c2cc(-c3cccc4c3C3(c5ccccc5-c5ccccc53)c3ccccc3-4)nc(-c3ccc(-c4c5ccccc5cc5ccc6ccccc6c45)cc3)n2)cc1. The lowest BCUT2D eigenvalue weighted by atomic mass is 9.69. The van der Waals surface area contributed by atoms with Crippen LogP contribution < -0.4 is 0 Å². The van der Waals surface area contributed by atoms with Gasteiger partial charge in [-0.2, -0.15) is 0 Å². The van der Waals surface area contributed by atoms with Crippen LogP contribution >= 0.6 is 0 Å². The third kappa shape index (κ3) is 4.85. The van der Waals surface area contributed by atoms with E-state index in [1.165, 1.54) is 88.0 Å². The number of benzene rings is 10. The van der Waals surface area contributed by atoms with Gasteiger partial charge in [0.05, 0.1) is 16.8 Å². The van der Waals surface area contributed by atoms with E-state index in [1.807, 2.05) is 0 Å². The van der Waals surface area contributed by atoms with E-state index in [-0.39, 0.29) is 0 Å². The maximum Gasteiger partial charge on any atom is 0.160 e. The van der Waals surface area contributed by atoms with Gasteiger partial charge in [-0.15, -0.1) is 0 Å². The molecular formula is C59H36N2. The van der Waals surface area contributed by atoms with Gasteiger partial charge in [0, 0.05) is 16.7 Å². The predicted octanol–water partition coefficient (Wildman–Crippen LogP) is 14.9. The van der Waals surface area contributed by atoms with E-state index >= 15 is 0 Å². The molecule has 0 bridgehead atoms. The molecule has 1 heterocycles. The second-order valence-electron chi connectivity index (χ2n) is 16.4. The predicted molar refractivity (Wildman–Crippen MR) is 253 cm³/mol. The molecule has 0 atom stereocenters. The zero-order chi connectivity index (χ0) is 40.1. The van der Waals surface area contributed by atoms with Crippen molar-refractivity contribution in [2.75, 3.05) is 0 Å². The summed E-state index contributed by atoms with van der Waals surface area (Å²) in [5.41, 5.74) is 17.2. The van der Waals surface area contributed by atoms with Gasteiger partial charge in [-0.25, -0.2) is 9.97 Å². The van der Waals surface area contributed by atoms with E-state index in [0.29, 0.717) is 5.82 Å². The minimum atomic E-state index is -0.499. The molecule has 2 aliphatic rings. The molecule has 0 unspecified atom stereocenters. The molecule has 0 amide bonds. The van der Waals surface area contributed by atoms with Gasteiger partial charge in [-0.3, -0.25) is 0 Å². The lowest BCUT2D eigenvalue weighted by Gasteiger charge is -2.32. The van der Waals surface area contributed by atoms with Crippen LogP contribution in [0.15, 0.2) is 218 Å². The quantitative estimate of drug-likeness (QED) is 0.132. The van der Waals surface area contributed by atoms with Crippen LogP contribution in [0.5, 0.6) is 0 Å². The van der Waals surface area contributed by atoms with Crippen LogP contribution in [0.2, 0.25) is 0 Å². The standard InChI is InChI=1S/C59H36N2/c1-2-16-38(17-3-1)53-36-54(49-25-14-24-48-47-23-10-13-28-52(47)59(57(48)49)50-26-11-8-21-45(50)46-22-9-12-27-51(46)59)61-58(60-53)40-32-30-39(31-33-40)55-44-20-7-5-18-41(44)35-42-34-29-37-15-4-6-19-43(37)56(42)55/h1-36H. The molecule has 13 rings (SSSR count). The van der Waals surface area contributed by atoms with Crippen molar-refractivity contribution in [2.24, 2.45) is 0 Å². The molecule has 1 aromatic heterocycles. The topological polar surface area (TPSA) is 25.8 Å². The number of hydrogen-bond acceptors (Lipinski definition) is 2. The van der Waals surface area contributed by atoms with Crippen molar-refractivity contribution in [1.29, 1.82) is 0 Å². The maximum atomic E-state index is 5.54. The van der Waals surface area contributed by atoms with E-state index in [4.69, 9.17) is 9.97 Å². The maximum absolute atomic E-state index is 5.54. The number of rotatable bonds is 4. The van der Waals surface area contributed by atoms with Crippen LogP contribution in [0.4, 0.5) is 0 Å². The zero-order valence-corrected chi connectivity index (χ0v) is 33.2. The summed E-state index contributed by atoms with van der Waals surface area (Å²) < 4.78 is 0. The lowest BCUT2D eigenvalue weighted by molar-refractivity contribution is 0.795. The van der Waals surface area contributed by atoms with Crippen molar-refractivity contribution in [2.45, 2.75) is 5.41 Å². The molecule has 0 radical (unpaired) electrons. The molecule has 2 nitrogen and oxygen atoms in total. The number of nitrogens with zero attached hydrogens (tertiary/aromatic N) is 2. The average Bonchev–Trinajstić information content (AvgIpc) is 3.81. The van der Waals surface area contributed by atoms with Crippen molar-refractivity contribution >= 4 is 32.3 Å². The molecule has 282 valence electrons. The highest BCUT2D eigenvalue weighted by Crippen LogP contribution is 2.64. The summed E-state index contributed by atoms with van der Waals surface area (Å²) in [6.45, 7) is 0. The Bertz CT molecular complexity index is 3520. The third-order valence-corrected chi connectivity index (χ3v) is 13.3. The van der Waals surface area contributed by atoms with E-state index in [0.717, 1.165) is 28.1 Å². The molecule has 0 saturated heterocycles. The van der Waals surface area contributed by atoms with Gasteiger partial charge in [-0.1, -0.05) is 206 Å². The fraction of sp³-hybridized carbons (Fsp3) is 0.0169. The fourth-order valence-electron chi connectivity index (χ4n) is 10.8. The summed E-state index contributed by atoms with van der Waals surface area (Å²) in [5, 5.41) is 7.49. The highest BCUT2D eigenvalue weighted by Gasteiger charge is 2.52. The van der Waals surface area contributed by atoms with Crippen LogP contribution in [-0.2, 0) is 5.41 Å². The van der Waals surface area contributed by atoms with Crippen molar-refractivity contribution < 1.29 is 0 Å². The van der Waals surface area contributed by atoms with Gasteiger partial charge < -0.3 is 0 Å². The molecule has 1 spiro atoms. The Morgan fingerprint density at radius 1 is 0.311 bits per heavy atom. The van der Waals surface area contributed by atoms with Gasteiger partial charge in [-0.05, 0) is 100 Å². The third-order valence-electron chi connectivity index (χ3n) is 13.3. The molecule has 61 heavy (non-hydrogen) atoms. The summed E-state index contributed by atoms with van der Waals surface area (Å²) in [4.78, 5) is 10.9. The Balaban J connectivity index is 1.04. The normalized spacial score (nSPS) is 13.0. The van der Waals surface area contributed by atoms with E-state index in [1.54, 1.807) is 0 Å². The Morgan fingerprint density at radius 2 is 0.836 bits per heavy atom. The Kier molecular flexibility index (Phi) is 7.26. The Hall–Kier alpha value is -7.94. The lowest BCUT2D eigenvalue weighted by Crippen LogP contribution is -2.26. The average molecular weight is 773 g/mol. The molecule has 0 saturated carbocycles. The number of aromatic nitrogens is 2. The Labute approximate surface area is 354 Å². The molecule has 0 N–H and O–H groups in total. The summed E-state index contributed by atoms with van der Waals surface area (Å²) in [7, 11) is 0. The summed E-state index contributed by atoms with van der Waals surface area (Å²) >= 11 is 0. The molecule has 2 heteroatoms. The largest absolute Gasteiger partial charge is 0.228 e. The number of fused-ring (bicyclic) bond motifs is 14. The first-order valence-electron chi connectivity index (χ1n) is 21.1. The van der Waals surface area contributed by atoms with Crippen molar-refractivity contribution in [3.8, 4) is 67.3 Å². The van der Waals surface area contributed by atoms with Crippen LogP contribution in [0, 0.1) is 0 Å². The van der Waals surface area contributed by atoms with Crippen molar-refractivity contribution in [1.82, 2.24) is 9.97 Å². The fourth-order valence-corrected chi connectivity index (χ4v) is 10.8. The van der Waals surface area contributed by atoms with Gasteiger partial charge in [0.1, 0.15) is 0 Å². The Morgan fingerprint density at radius 3 is 1.56 bits per heavy atom. The zero-order valence-electron chi connectivity index (χ0n) is 33.2. The second kappa shape index (κ2) is 13.0. The summed E-state index contributed by atoms with van der Waals surface area (Å²) in [6.07, 6.45) is 0. The summed E-state index contributed by atoms with van der Waals surface area (Å²) in [5.74, 6) is 0.700. The van der Waals surface area contributed by atoms with Gasteiger partial charge in [0.15, 0.2) is 5.82 Å². The highest BCUT2D eigenvalue weighted by molar-refractivity contribution is 6.22. The number of hydrogen-bond donors (Lipinski definition) is 0. The van der Waals surface area contributed by atoms with Gasteiger partial charge in [0.25, 0.3) is 0 Å². The molecule has 11 aromatic rings. The van der Waals surface area contributed by atoms with Crippen LogP contribution in [0.3, 0.4) is 0 Å². The second-order valence-corrected chi connectivity index (χ2v) is 16.4. The summed E-state index contributed by atoms with van der Waals surface area (Å²) in [6, 6.07) is 79.7. The monoisotopic (exact) mass is 772 g/mol. The molecular weight excluding hydrogens is 737 g/mol. The van der Waals surface area contributed by atoms with E-state index < -0.39 is 5.41 Å². The highest BCUT2D eigenvalue weighted by atomic mass is 14.9.